The number of benzene rings is 3. The van der Waals surface area contributed by atoms with Crippen molar-refractivity contribution in [1.29, 1.82) is 0 Å². The highest BCUT2D eigenvalue weighted by molar-refractivity contribution is 6.12. The van der Waals surface area contributed by atoms with E-state index in [1.165, 1.54) is 0 Å². The quantitative estimate of drug-likeness (QED) is 0.519. The fourth-order valence-corrected chi connectivity index (χ4v) is 2.67. The van der Waals surface area contributed by atoms with Crippen LogP contribution < -0.4 is 10.6 Å². The summed E-state index contributed by atoms with van der Waals surface area (Å²) in [4.78, 5) is 24.9. The van der Waals surface area contributed by atoms with Crippen LogP contribution in [0, 0.1) is 17.5 Å². The highest BCUT2D eigenvalue weighted by Crippen LogP contribution is 2.30. The number of anilines is 2. The Labute approximate surface area is 171 Å². The monoisotopic (exact) mass is 438 g/mol. The molecule has 0 unspecified atom stereocenters. The molecule has 0 atom stereocenters. The second-order valence-electron chi connectivity index (χ2n) is 6.27. The van der Waals surface area contributed by atoms with Crippen LogP contribution in [-0.2, 0) is 6.18 Å². The van der Waals surface area contributed by atoms with Gasteiger partial charge in [0.1, 0.15) is 17.5 Å². The standard InChI is InChI=1S/C21H12F6N2O2/c22-13-7-8-16(15(24)10-13)28-20(31)18-14(23)5-2-6-17(18)29-19(30)11-3-1-4-12(9-11)21(25,26)27/h1-10H,(H,28,31)(H,29,30). The van der Waals surface area contributed by atoms with Gasteiger partial charge in [-0.2, -0.15) is 13.2 Å². The minimum atomic E-state index is -4.68. The number of carbonyl (C=O) groups excluding carboxylic acids is 2. The van der Waals surface area contributed by atoms with Crippen LogP contribution in [0.4, 0.5) is 37.7 Å². The van der Waals surface area contributed by atoms with E-state index in [2.05, 4.69) is 10.6 Å². The Morgan fingerprint density at radius 1 is 0.710 bits per heavy atom. The van der Waals surface area contributed by atoms with Crippen molar-refractivity contribution in [2.24, 2.45) is 0 Å². The van der Waals surface area contributed by atoms with Gasteiger partial charge >= 0.3 is 6.18 Å². The number of nitrogens with one attached hydrogen (secondary N) is 2. The van der Waals surface area contributed by atoms with E-state index in [0.717, 1.165) is 48.5 Å². The molecule has 0 fully saturated rings. The molecule has 3 aromatic carbocycles. The third-order valence-corrected chi connectivity index (χ3v) is 4.12. The predicted molar refractivity (Wildman–Crippen MR) is 100 cm³/mol. The molecule has 0 aliphatic carbocycles. The lowest BCUT2D eigenvalue weighted by atomic mass is 10.1. The summed E-state index contributed by atoms with van der Waals surface area (Å²) in [6.07, 6.45) is -4.68. The second-order valence-corrected chi connectivity index (χ2v) is 6.27. The normalized spacial score (nSPS) is 11.2. The number of hydrogen-bond donors (Lipinski definition) is 2. The van der Waals surface area contributed by atoms with Crippen LogP contribution in [-0.4, -0.2) is 11.8 Å². The first-order valence-electron chi connectivity index (χ1n) is 8.60. The van der Waals surface area contributed by atoms with E-state index in [4.69, 9.17) is 0 Å². The van der Waals surface area contributed by atoms with Gasteiger partial charge in [-0.3, -0.25) is 9.59 Å². The van der Waals surface area contributed by atoms with Gasteiger partial charge in [-0.1, -0.05) is 12.1 Å². The first-order chi connectivity index (χ1) is 14.6. The summed E-state index contributed by atoms with van der Waals surface area (Å²) in [7, 11) is 0. The van der Waals surface area contributed by atoms with E-state index in [9.17, 15) is 35.9 Å². The minimum Gasteiger partial charge on any atom is -0.321 e. The molecule has 160 valence electrons. The lowest BCUT2D eigenvalue weighted by molar-refractivity contribution is -0.137. The van der Waals surface area contributed by atoms with Gasteiger partial charge in [-0.25, -0.2) is 13.2 Å². The third kappa shape index (κ3) is 5.03. The van der Waals surface area contributed by atoms with Gasteiger partial charge in [0.15, 0.2) is 0 Å². The Balaban J connectivity index is 1.89. The smallest absolute Gasteiger partial charge is 0.321 e. The van der Waals surface area contributed by atoms with Crippen molar-refractivity contribution < 1.29 is 35.9 Å². The summed E-state index contributed by atoms with van der Waals surface area (Å²) >= 11 is 0. The van der Waals surface area contributed by atoms with Crippen molar-refractivity contribution in [2.45, 2.75) is 6.18 Å². The number of carbonyl (C=O) groups is 2. The van der Waals surface area contributed by atoms with Crippen molar-refractivity contribution in [3.63, 3.8) is 0 Å². The number of rotatable bonds is 4. The molecule has 0 saturated carbocycles. The summed E-state index contributed by atoms with van der Waals surface area (Å²) in [6.45, 7) is 0. The molecule has 0 spiro atoms. The Morgan fingerprint density at radius 3 is 2.06 bits per heavy atom. The predicted octanol–water partition coefficient (Wildman–Crippen LogP) is 5.63. The van der Waals surface area contributed by atoms with E-state index in [1.54, 1.807) is 0 Å². The molecular formula is C21H12F6N2O2. The molecule has 2 amide bonds. The maximum Gasteiger partial charge on any atom is 0.416 e. The molecule has 4 nitrogen and oxygen atoms in total. The van der Waals surface area contributed by atoms with E-state index in [0.29, 0.717) is 12.1 Å². The topological polar surface area (TPSA) is 58.2 Å². The summed E-state index contributed by atoms with van der Waals surface area (Å²) in [6, 6.07) is 9.00. The molecule has 10 heteroatoms. The van der Waals surface area contributed by atoms with Crippen molar-refractivity contribution in [3.05, 3.63) is 94.8 Å². The van der Waals surface area contributed by atoms with Crippen LogP contribution in [0.5, 0.6) is 0 Å². The van der Waals surface area contributed by atoms with Crippen LogP contribution in [0.15, 0.2) is 60.7 Å². The first-order valence-corrected chi connectivity index (χ1v) is 8.60. The zero-order valence-corrected chi connectivity index (χ0v) is 15.4. The Morgan fingerprint density at radius 2 is 1.39 bits per heavy atom. The molecule has 0 heterocycles. The fourth-order valence-electron chi connectivity index (χ4n) is 2.67. The van der Waals surface area contributed by atoms with Gasteiger partial charge in [0, 0.05) is 11.6 Å². The molecule has 0 aromatic heterocycles. The van der Waals surface area contributed by atoms with E-state index < -0.39 is 52.3 Å². The van der Waals surface area contributed by atoms with E-state index >= 15 is 0 Å². The average Bonchev–Trinajstić information content (AvgIpc) is 2.69. The van der Waals surface area contributed by atoms with Gasteiger partial charge in [0.2, 0.25) is 0 Å². The molecule has 2 N–H and O–H groups in total. The SMILES string of the molecule is O=C(Nc1cccc(F)c1C(=O)Nc1ccc(F)cc1F)c1cccc(C(F)(F)F)c1. The van der Waals surface area contributed by atoms with Crippen LogP contribution >= 0.6 is 0 Å². The summed E-state index contributed by atoms with van der Waals surface area (Å²) in [5.74, 6) is -5.28. The fraction of sp³-hybridized carbons (Fsp3) is 0.0476. The lowest BCUT2D eigenvalue weighted by Crippen LogP contribution is -2.20. The highest BCUT2D eigenvalue weighted by Gasteiger charge is 2.31. The summed E-state index contributed by atoms with van der Waals surface area (Å²) in [5, 5.41) is 4.23. The van der Waals surface area contributed by atoms with Crippen molar-refractivity contribution in [3.8, 4) is 0 Å². The summed E-state index contributed by atoms with van der Waals surface area (Å²) < 4.78 is 79.7. The molecular weight excluding hydrogens is 426 g/mol. The van der Waals surface area contributed by atoms with Crippen molar-refractivity contribution >= 4 is 23.2 Å². The largest absolute Gasteiger partial charge is 0.416 e. The lowest BCUT2D eigenvalue weighted by Gasteiger charge is -2.13. The van der Waals surface area contributed by atoms with E-state index in [1.807, 2.05) is 0 Å². The Hall–Kier alpha value is -3.82. The minimum absolute atomic E-state index is 0.359. The molecule has 0 radical (unpaired) electrons. The molecule has 0 aliphatic rings. The van der Waals surface area contributed by atoms with Crippen molar-refractivity contribution in [2.75, 3.05) is 10.6 Å². The van der Waals surface area contributed by atoms with Gasteiger partial charge in [-0.15, -0.1) is 0 Å². The van der Waals surface area contributed by atoms with Crippen LogP contribution in [0.1, 0.15) is 26.3 Å². The molecule has 0 saturated heterocycles. The van der Waals surface area contributed by atoms with Gasteiger partial charge < -0.3 is 10.6 Å². The third-order valence-electron chi connectivity index (χ3n) is 4.12. The molecule has 31 heavy (non-hydrogen) atoms. The average molecular weight is 438 g/mol. The van der Waals surface area contributed by atoms with Crippen molar-refractivity contribution in [1.82, 2.24) is 0 Å². The number of halogens is 6. The van der Waals surface area contributed by atoms with Gasteiger partial charge in [0.25, 0.3) is 11.8 Å². The highest BCUT2D eigenvalue weighted by atomic mass is 19.4. The second kappa shape index (κ2) is 8.50. The van der Waals surface area contributed by atoms with Crippen LogP contribution in [0.25, 0.3) is 0 Å². The zero-order valence-electron chi connectivity index (χ0n) is 15.4. The van der Waals surface area contributed by atoms with Gasteiger partial charge in [0.05, 0.1) is 22.5 Å². The number of amides is 2. The van der Waals surface area contributed by atoms with Crippen LogP contribution in [0.3, 0.4) is 0 Å². The summed E-state index contributed by atoms with van der Waals surface area (Å²) in [5.41, 5.74) is -2.93. The Bertz CT molecular complexity index is 1160. The molecule has 3 aromatic rings. The Kier molecular flexibility index (Phi) is 6.00. The molecule has 0 aliphatic heterocycles. The van der Waals surface area contributed by atoms with Gasteiger partial charge in [-0.05, 0) is 42.5 Å². The number of alkyl halides is 3. The number of hydrogen-bond acceptors (Lipinski definition) is 2. The maximum absolute atomic E-state index is 14.3. The maximum atomic E-state index is 14.3. The molecule has 0 bridgehead atoms. The zero-order chi connectivity index (χ0) is 22.8. The van der Waals surface area contributed by atoms with E-state index in [-0.39, 0.29) is 11.3 Å². The first kappa shape index (κ1) is 21.9. The van der Waals surface area contributed by atoms with Crippen LogP contribution in [0.2, 0.25) is 0 Å². The molecule has 3 rings (SSSR count).